The van der Waals surface area contributed by atoms with Crippen LogP contribution in [0, 0.1) is 0 Å². The summed E-state index contributed by atoms with van der Waals surface area (Å²) in [6.07, 6.45) is 1.75. The molecule has 13 heavy (non-hydrogen) atoms. The maximum atomic E-state index is 11.7. The van der Waals surface area contributed by atoms with Crippen LogP contribution in [0.2, 0.25) is 0 Å². The second-order valence-corrected chi connectivity index (χ2v) is 4.79. The van der Waals surface area contributed by atoms with Gasteiger partial charge >= 0.3 is 5.51 Å². The number of alkyl halides is 4. The third-order valence-electron chi connectivity index (χ3n) is 1.88. The topological polar surface area (TPSA) is 12.0 Å². The molecule has 0 aromatic heterocycles. The van der Waals surface area contributed by atoms with E-state index in [-0.39, 0.29) is 22.9 Å². The smallest absolute Gasteiger partial charge is 0.313 e. The Morgan fingerprint density at radius 3 is 2.46 bits per heavy atom. The van der Waals surface area contributed by atoms with Crippen molar-refractivity contribution in [3.05, 3.63) is 0 Å². The van der Waals surface area contributed by atoms with Crippen molar-refractivity contribution in [1.29, 1.82) is 0 Å². The highest BCUT2D eigenvalue weighted by molar-refractivity contribution is 8.00. The van der Waals surface area contributed by atoms with Crippen molar-refractivity contribution in [3.8, 4) is 0 Å². The molecule has 0 saturated heterocycles. The first-order chi connectivity index (χ1) is 5.97. The van der Waals surface area contributed by atoms with Crippen LogP contribution in [0.5, 0.6) is 0 Å². The summed E-state index contributed by atoms with van der Waals surface area (Å²) >= 11 is 5.72. The Morgan fingerprint density at radius 1 is 1.38 bits per heavy atom. The number of thioether (sulfide) groups is 1. The van der Waals surface area contributed by atoms with E-state index in [1.54, 1.807) is 0 Å². The molecule has 0 bridgehead atoms. The molecule has 78 valence electrons. The fourth-order valence-electron chi connectivity index (χ4n) is 1.14. The molecule has 0 amide bonds. The molecule has 0 aromatic rings. The highest BCUT2D eigenvalue weighted by Gasteiger charge is 2.29. The first-order valence-corrected chi connectivity index (χ1v) is 5.48. The molecule has 1 rings (SSSR count). The maximum Gasteiger partial charge on any atom is 0.441 e. The van der Waals surface area contributed by atoms with Crippen molar-refractivity contribution in [3.63, 3.8) is 0 Å². The Hall–Kier alpha value is 0.390. The zero-order valence-electron chi connectivity index (χ0n) is 6.90. The fraction of sp³-hybridized carbons (Fsp3) is 1.00. The van der Waals surface area contributed by atoms with Gasteiger partial charge in [-0.2, -0.15) is 13.2 Å². The molecule has 1 aliphatic rings. The second kappa shape index (κ2) is 4.75. The predicted molar refractivity (Wildman–Crippen MR) is 49.2 cm³/mol. The first-order valence-electron chi connectivity index (χ1n) is 4.05. The normalized spacial score (nSPS) is 28.6. The minimum absolute atomic E-state index is 0.0154. The fourth-order valence-corrected chi connectivity index (χ4v) is 2.03. The number of hydrogen-bond donors (Lipinski definition) is 1. The average molecular weight is 234 g/mol. The monoisotopic (exact) mass is 233 g/mol. The number of rotatable bonds is 4. The van der Waals surface area contributed by atoms with E-state index in [1.165, 1.54) is 0 Å². The van der Waals surface area contributed by atoms with Gasteiger partial charge < -0.3 is 5.32 Å². The highest BCUT2D eigenvalue weighted by atomic mass is 35.5. The SMILES string of the molecule is FC(F)(F)SCCNC1CC(Cl)C1. The molecule has 0 heterocycles. The lowest BCUT2D eigenvalue weighted by atomic mass is 9.92. The van der Waals surface area contributed by atoms with Crippen LogP contribution in [0.15, 0.2) is 0 Å². The molecule has 0 aliphatic heterocycles. The van der Waals surface area contributed by atoms with Gasteiger partial charge in [0, 0.05) is 23.7 Å². The number of halogens is 4. The number of hydrogen-bond acceptors (Lipinski definition) is 2. The van der Waals surface area contributed by atoms with E-state index in [4.69, 9.17) is 11.6 Å². The summed E-state index contributed by atoms with van der Waals surface area (Å²) in [6.45, 7) is 0.401. The van der Waals surface area contributed by atoms with Crippen LogP contribution in [-0.4, -0.2) is 29.2 Å². The van der Waals surface area contributed by atoms with Crippen LogP contribution >= 0.6 is 23.4 Å². The van der Waals surface area contributed by atoms with Gasteiger partial charge in [0.25, 0.3) is 0 Å². The lowest BCUT2D eigenvalue weighted by molar-refractivity contribution is -0.0327. The molecule has 1 saturated carbocycles. The third kappa shape index (κ3) is 4.98. The van der Waals surface area contributed by atoms with Gasteiger partial charge in [0.05, 0.1) is 0 Å². The summed E-state index contributed by atoms with van der Waals surface area (Å²) < 4.78 is 35.0. The molecule has 0 unspecified atom stereocenters. The highest BCUT2D eigenvalue weighted by Crippen LogP contribution is 2.30. The van der Waals surface area contributed by atoms with Gasteiger partial charge in [-0.3, -0.25) is 0 Å². The maximum absolute atomic E-state index is 11.7. The quantitative estimate of drug-likeness (QED) is 0.592. The van der Waals surface area contributed by atoms with E-state index in [0.717, 1.165) is 12.8 Å². The first kappa shape index (κ1) is 11.5. The molecule has 1 nitrogen and oxygen atoms in total. The summed E-state index contributed by atoms with van der Waals surface area (Å²) in [7, 11) is 0. The summed E-state index contributed by atoms with van der Waals surface area (Å²) in [5, 5.41) is 3.23. The Labute approximate surface area is 84.4 Å². The van der Waals surface area contributed by atoms with E-state index in [9.17, 15) is 13.2 Å². The molecule has 0 radical (unpaired) electrons. The zero-order chi connectivity index (χ0) is 9.90. The second-order valence-electron chi connectivity index (χ2n) is 3.01. The molecule has 0 atom stereocenters. The van der Waals surface area contributed by atoms with Crippen LogP contribution in [0.1, 0.15) is 12.8 Å². The Morgan fingerprint density at radius 2 is 2.00 bits per heavy atom. The largest absolute Gasteiger partial charge is 0.441 e. The molecular weight excluding hydrogens is 223 g/mol. The van der Waals surface area contributed by atoms with Crippen molar-refractivity contribution in [2.45, 2.75) is 29.8 Å². The molecule has 0 aromatic carbocycles. The van der Waals surface area contributed by atoms with Crippen molar-refractivity contribution in [2.24, 2.45) is 0 Å². The van der Waals surface area contributed by atoms with E-state index < -0.39 is 5.51 Å². The van der Waals surface area contributed by atoms with Crippen LogP contribution in [-0.2, 0) is 0 Å². The van der Waals surface area contributed by atoms with Crippen molar-refractivity contribution in [2.75, 3.05) is 12.3 Å². The summed E-state index contributed by atoms with van der Waals surface area (Å²) in [4.78, 5) is 0. The Bertz CT molecular complexity index is 158. The molecule has 6 heteroatoms. The number of nitrogens with one attached hydrogen (secondary N) is 1. The van der Waals surface area contributed by atoms with Crippen LogP contribution < -0.4 is 5.32 Å². The van der Waals surface area contributed by atoms with Gasteiger partial charge in [-0.1, -0.05) is 0 Å². The molecule has 0 spiro atoms. The van der Waals surface area contributed by atoms with Gasteiger partial charge in [0.15, 0.2) is 0 Å². The molecular formula is C7H11ClF3NS. The minimum atomic E-state index is -4.10. The summed E-state index contributed by atoms with van der Waals surface area (Å²) in [6, 6.07) is 0.330. The lowest BCUT2D eigenvalue weighted by Crippen LogP contribution is -2.42. The van der Waals surface area contributed by atoms with Crippen molar-refractivity contribution in [1.82, 2.24) is 5.32 Å². The van der Waals surface area contributed by atoms with E-state index >= 15 is 0 Å². The minimum Gasteiger partial charge on any atom is -0.313 e. The predicted octanol–water partition coefficient (Wildman–Crippen LogP) is 2.60. The van der Waals surface area contributed by atoms with Crippen LogP contribution in [0.3, 0.4) is 0 Å². The molecule has 1 aliphatic carbocycles. The van der Waals surface area contributed by atoms with Gasteiger partial charge in [-0.15, -0.1) is 11.6 Å². The lowest BCUT2D eigenvalue weighted by Gasteiger charge is -2.31. The van der Waals surface area contributed by atoms with Gasteiger partial charge in [0.2, 0.25) is 0 Å². The zero-order valence-corrected chi connectivity index (χ0v) is 8.48. The van der Waals surface area contributed by atoms with Gasteiger partial charge in [0.1, 0.15) is 0 Å². The van der Waals surface area contributed by atoms with Gasteiger partial charge in [-0.05, 0) is 24.6 Å². The Balaban J connectivity index is 1.90. The van der Waals surface area contributed by atoms with E-state index in [2.05, 4.69) is 5.32 Å². The van der Waals surface area contributed by atoms with Crippen molar-refractivity contribution < 1.29 is 13.2 Å². The average Bonchev–Trinajstić information content (AvgIpc) is 1.91. The van der Waals surface area contributed by atoms with Gasteiger partial charge in [-0.25, -0.2) is 0 Å². The third-order valence-corrected chi connectivity index (χ3v) is 2.97. The Kier molecular flexibility index (Phi) is 4.19. The van der Waals surface area contributed by atoms with Crippen LogP contribution in [0.4, 0.5) is 13.2 Å². The van der Waals surface area contributed by atoms with E-state index in [0.29, 0.717) is 12.6 Å². The summed E-state index contributed by atoms with van der Waals surface area (Å²) in [5.74, 6) is 0.0763. The molecule has 1 fully saturated rings. The van der Waals surface area contributed by atoms with Crippen molar-refractivity contribution >= 4 is 23.4 Å². The van der Waals surface area contributed by atoms with Crippen LogP contribution in [0.25, 0.3) is 0 Å². The van der Waals surface area contributed by atoms with E-state index in [1.807, 2.05) is 0 Å². The summed E-state index contributed by atoms with van der Waals surface area (Å²) in [5.41, 5.74) is -4.10. The molecule has 1 N–H and O–H groups in total. The standard InChI is InChI=1S/C7H11ClF3NS/c8-5-3-6(4-5)12-1-2-13-7(9,10)11/h5-6,12H,1-4H2.